The highest BCUT2D eigenvalue weighted by Crippen LogP contribution is 2.13. The topological polar surface area (TPSA) is 48.9 Å². The SMILES string of the molecule is CCNC(=NCCC1=CCOCC1)NC1CCN(CC(C)C)CC1.I. The van der Waals surface area contributed by atoms with E-state index in [-0.39, 0.29) is 24.0 Å². The molecule has 0 radical (unpaired) electrons. The summed E-state index contributed by atoms with van der Waals surface area (Å²) in [6, 6.07) is 0.550. The Morgan fingerprint density at radius 2 is 2.12 bits per heavy atom. The van der Waals surface area contributed by atoms with Crippen molar-refractivity contribution in [2.45, 2.75) is 52.5 Å². The van der Waals surface area contributed by atoms with E-state index in [9.17, 15) is 0 Å². The Labute approximate surface area is 171 Å². The lowest BCUT2D eigenvalue weighted by molar-refractivity contribution is 0.153. The molecule has 0 amide bonds. The zero-order chi connectivity index (χ0) is 17.2. The summed E-state index contributed by atoms with van der Waals surface area (Å²) in [7, 11) is 0. The van der Waals surface area contributed by atoms with Crippen LogP contribution in [0.4, 0.5) is 0 Å². The number of rotatable bonds is 7. The lowest BCUT2D eigenvalue weighted by atomic mass is 10.0. The molecular formula is C19H37IN4O. The Morgan fingerprint density at radius 3 is 2.72 bits per heavy atom. The van der Waals surface area contributed by atoms with Crippen molar-refractivity contribution >= 4 is 29.9 Å². The van der Waals surface area contributed by atoms with Gasteiger partial charge in [0.25, 0.3) is 0 Å². The van der Waals surface area contributed by atoms with Crippen molar-refractivity contribution in [1.29, 1.82) is 0 Å². The van der Waals surface area contributed by atoms with Gasteiger partial charge in [0.1, 0.15) is 0 Å². The molecule has 1 saturated heterocycles. The summed E-state index contributed by atoms with van der Waals surface area (Å²) in [5.74, 6) is 1.74. The van der Waals surface area contributed by atoms with Crippen LogP contribution in [0.15, 0.2) is 16.6 Å². The van der Waals surface area contributed by atoms with Gasteiger partial charge in [-0.1, -0.05) is 25.5 Å². The minimum Gasteiger partial charge on any atom is -0.377 e. The van der Waals surface area contributed by atoms with Gasteiger partial charge in [-0.15, -0.1) is 24.0 Å². The van der Waals surface area contributed by atoms with Gasteiger partial charge in [0.15, 0.2) is 5.96 Å². The Hall–Kier alpha value is -0.340. The van der Waals surface area contributed by atoms with Crippen molar-refractivity contribution in [3.8, 4) is 0 Å². The van der Waals surface area contributed by atoms with Gasteiger partial charge in [-0.25, -0.2) is 0 Å². The number of aliphatic imine (C=N–C) groups is 1. The molecule has 25 heavy (non-hydrogen) atoms. The molecular weight excluding hydrogens is 427 g/mol. The first-order chi connectivity index (χ1) is 11.7. The van der Waals surface area contributed by atoms with Crippen LogP contribution in [-0.2, 0) is 4.74 Å². The molecule has 6 heteroatoms. The van der Waals surface area contributed by atoms with E-state index in [0.29, 0.717) is 6.04 Å². The first-order valence-corrected chi connectivity index (χ1v) is 9.70. The smallest absolute Gasteiger partial charge is 0.191 e. The molecule has 1 fully saturated rings. The van der Waals surface area contributed by atoms with Gasteiger partial charge in [0, 0.05) is 38.8 Å². The summed E-state index contributed by atoms with van der Waals surface area (Å²) in [4.78, 5) is 7.36. The van der Waals surface area contributed by atoms with Crippen LogP contribution in [0, 0.1) is 5.92 Å². The van der Waals surface area contributed by atoms with E-state index in [0.717, 1.165) is 51.0 Å². The van der Waals surface area contributed by atoms with Crippen LogP contribution in [0.5, 0.6) is 0 Å². The largest absolute Gasteiger partial charge is 0.377 e. The van der Waals surface area contributed by atoms with Gasteiger partial charge in [0.2, 0.25) is 0 Å². The summed E-state index contributed by atoms with van der Waals surface area (Å²) in [6.07, 6.45) is 6.74. The number of nitrogens with zero attached hydrogens (tertiary/aromatic N) is 2. The number of halogens is 1. The Kier molecular flexibility index (Phi) is 11.7. The van der Waals surface area contributed by atoms with Gasteiger partial charge in [-0.2, -0.15) is 0 Å². The third-order valence-corrected chi connectivity index (χ3v) is 4.66. The maximum absolute atomic E-state index is 5.36. The molecule has 0 spiro atoms. The van der Waals surface area contributed by atoms with Crippen molar-refractivity contribution in [2.75, 3.05) is 45.9 Å². The van der Waals surface area contributed by atoms with Crippen molar-refractivity contribution in [1.82, 2.24) is 15.5 Å². The molecule has 0 aromatic rings. The quantitative estimate of drug-likeness (QED) is 0.263. The maximum atomic E-state index is 5.36. The number of hydrogen-bond donors (Lipinski definition) is 2. The minimum atomic E-state index is 0. The summed E-state index contributed by atoms with van der Waals surface area (Å²) in [6.45, 7) is 13.7. The lowest BCUT2D eigenvalue weighted by Crippen LogP contribution is -2.49. The highest BCUT2D eigenvalue weighted by Gasteiger charge is 2.20. The van der Waals surface area contributed by atoms with Crippen molar-refractivity contribution in [3.05, 3.63) is 11.6 Å². The van der Waals surface area contributed by atoms with Crippen molar-refractivity contribution < 1.29 is 4.74 Å². The van der Waals surface area contributed by atoms with Crippen LogP contribution in [-0.4, -0.2) is 62.8 Å². The van der Waals surface area contributed by atoms with Crippen molar-refractivity contribution in [2.24, 2.45) is 10.9 Å². The van der Waals surface area contributed by atoms with E-state index in [1.165, 1.54) is 38.0 Å². The predicted octanol–water partition coefficient (Wildman–Crippen LogP) is 3.02. The average molecular weight is 464 g/mol. The molecule has 0 aromatic heterocycles. The van der Waals surface area contributed by atoms with Gasteiger partial charge in [-0.3, -0.25) is 4.99 Å². The zero-order valence-corrected chi connectivity index (χ0v) is 18.6. The van der Waals surface area contributed by atoms with E-state index in [4.69, 9.17) is 9.73 Å². The maximum Gasteiger partial charge on any atom is 0.191 e. The van der Waals surface area contributed by atoms with Crippen LogP contribution in [0.25, 0.3) is 0 Å². The van der Waals surface area contributed by atoms with E-state index < -0.39 is 0 Å². The highest BCUT2D eigenvalue weighted by atomic mass is 127. The fourth-order valence-electron chi connectivity index (χ4n) is 3.39. The van der Waals surface area contributed by atoms with Gasteiger partial charge >= 0.3 is 0 Å². The molecule has 2 aliphatic rings. The lowest BCUT2D eigenvalue weighted by Gasteiger charge is -2.34. The fraction of sp³-hybridized carbons (Fsp3) is 0.842. The van der Waals surface area contributed by atoms with Gasteiger partial charge in [-0.05, 0) is 38.5 Å². The molecule has 0 saturated carbocycles. The number of ether oxygens (including phenoxy) is 1. The Morgan fingerprint density at radius 1 is 1.36 bits per heavy atom. The second kappa shape index (κ2) is 12.9. The van der Waals surface area contributed by atoms with Crippen LogP contribution in [0.1, 0.15) is 46.5 Å². The summed E-state index contributed by atoms with van der Waals surface area (Å²) >= 11 is 0. The average Bonchev–Trinajstić information content (AvgIpc) is 2.57. The summed E-state index contributed by atoms with van der Waals surface area (Å²) in [5.41, 5.74) is 1.49. The molecule has 5 nitrogen and oxygen atoms in total. The standard InChI is InChI=1S/C19H36N4O.HI/c1-4-20-19(21-10-5-17-8-13-24-14-9-17)22-18-6-11-23(12-7-18)15-16(2)3;/h8,16,18H,4-7,9-15H2,1-3H3,(H2,20,21,22);1H. The summed E-state index contributed by atoms with van der Waals surface area (Å²) in [5, 5.41) is 7.03. The second-order valence-corrected chi connectivity index (χ2v) is 7.31. The van der Waals surface area contributed by atoms with E-state index >= 15 is 0 Å². The predicted molar refractivity (Wildman–Crippen MR) is 117 cm³/mol. The molecule has 2 N–H and O–H groups in total. The Balaban J connectivity index is 0.00000312. The number of piperidine rings is 1. The third kappa shape index (κ3) is 9.24. The van der Waals surface area contributed by atoms with Crippen molar-refractivity contribution in [3.63, 3.8) is 0 Å². The molecule has 2 rings (SSSR count). The molecule has 0 aromatic carbocycles. The monoisotopic (exact) mass is 464 g/mol. The molecule has 2 aliphatic heterocycles. The fourth-order valence-corrected chi connectivity index (χ4v) is 3.39. The van der Waals surface area contributed by atoms with Crippen LogP contribution >= 0.6 is 24.0 Å². The second-order valence-electron chi connectivity index (χ2n) is 7.31. The van der Waals surface area contributed by atoms with Crippen LogP contribution in [0.2, 0.25) is 0 Å². The molecule has 0 aliphatic carbocycles. The molecule has 0 unspecified atom stereocenters. The molecule has 2 heterocycles. The van der Waals surface area contributed by atoms with Gasteiger partial charge in [0.05, 0.1) is 13.2 Å². The van der Waals surface area contributed by atoms with Crippen LogP contribution in [0.3, 0.4) is 0 Å². The number of hydrogen-bond acceptors (Lipinski definition) is 3. The molecule has 0 bridgehead atoms. The Bertz CT molecular complexity index is 418. The highest BCUT2D eigenvalue weighted by molar-refractivity contribution is 14.0. The van der Waals surface area contributed by atoms with Crippen LogP contribution < -0.4 is 10.6 Å². The first-order valence-electron chi connectivity index (χ1n) is 9.70. The molecule has 146 valence electrons. The number of guanidine groups is 1. The zero-order valence-electron chi connectivity index (χ0n) is 16.2. The van der Waals surface area contributed by atoms with E-state index in [1.807, 2.05) is 0 Å². The number of nitrogens with one attached hydrogen (secondary N) is 2. The van der Waals surface area contributed by atoms with E-state index in [1.54, 1.807) is 0 Å². The number of likely N-dealkylation sites (tertiary alicyclic amines) is 1. The third-order valence-electron chi connectivity index (χ3n) is 4.66. The first kappa shape index (κ1) is 22.7. The summed E-state index contributed by atoms with van der Waals surface area (Å²) < 4.78 is 5.36. The normalized spacial score (nSPS) is 20.2. The van der Waals surface area contributed by atoms with Gasteiger partial charge < -0.3 is 20.3 Å². The van der Waals surface area contributed by atoms with E-state index in [2.05, 4.69) is 42.4 Å². The minimum absolute atomic E-state index is 0. The molecule has 0 atom stereocenters.